The summed E-state index contributed by atoms with van der Waals surface area (Å²) in [5, 5.41) is 2.97. The van der Waals surface area contributed by atoms with E-state index in [1.807, 2.05) is 37.3 Å². The molecule has 1 aliphatic rings. The molecule has 1 atom stereocenters. The summed E-state index contributed by atoms with van der Waals surface area (Å²) >= 11 is 0. The summed E-state index contributed by atoms with van der Waals surface area (Å²) in [5.41, 5.74) is 1.79. The number of rotatable bonds is 13. The molecule has 0 bridgehead atoms. The second-order valence-corrected chi connectivity index (χ2v) is 11.2. The zero-order valence-corrected chi connectivity index (χ0v) is 27.2. The van der Waals surface area contributed by atoms with Crippen LogP contribution in [-0.4, -0.2) is 86.5 Å². The smallest absolute Gasteiger partial charge is 0.421 e. The van der Waals surface area contributed by atoms with E-state index < -0.39 is 18.0 Å². The van der Waals surface area contributed by atoms with E-state index in [0.29, 0.717) is 29.5 Å². The first kappa shape index (κ1) is 33.4. The normalized spacial score (nSPS) is 14.2. The highest BCUT2D eigenvalue weighted by Gasteiger charge is 2.29. The van der Waals surface area contributed by atoms with Crippen molar-refractivity contribution in [3.8, 4) is 23.1 Å². The number of piperazine rings is 1. The highest BCUT2D eigenvalue weighted by molar-refractivity contribution is 5.92. The van der Waals surface area contributed by atoms with Crippen molar-refractivity contribution in [3.05, 3.63) is 90.4 Å². The number of ether oxygens (including phenoxy) is 4. The minimum Gasteiger partial charge on any atom is -0.497 e. The molecule has 1 N–H and O–H groups in total. The van der Waals surface area contributed by atoms with Crippen LogP contribution in [0.4, 0.5) is 26.5 Å². The lowest BCUT2D eigenvalue weighted by Crippen LogP contribution is -2.44. The van der Waals surface area contributed by atoms with Crippen molar-refractivity contribution in [2.75, 3.05) is 70.8 Å². The molecule has 2 heterocycles. The molecule has 12 heteroatoms. The number of methoxy groups -OCH3 is 2. The van der Waals surface area contributed by atoms with Crippen LogP contribution in [0.2, 0.25) is 0 Å². The average Bonchev–Trinajstić information content (AvgIpc) is 3.09. The first-order chi connectivity index (χ1) is 22.8. The van der Waals surface area contributed by atoms with E-state index in [4.69, 9.17) is 18.9 Å². The van der Waals surface area contributed by atoms with Crippen LogP contribution in [0.5, 0.6) is 23.1 Å². The number of nitrogens with zero attached hydrogens (tertiary/aromatic N) is 5. The fourth-order valence-corrected chi connectivity index (χ4v) is 5.29. The predicted octanol–water partition coefficient (Wildman–Crippen LogP) is 6.16. The van der Waals surface area contributed by atoms with E-state index in [-0.39, 0.29) is 17.6 Å². The van der Waals surface area contributed by atoms with E-state index in [1.54, 1.807) is 37.4 Å². The molecule has 1 amide bonds. The zero-order chi connectivity index (χ0) is 33.2. The number of hydrogen-bond donors (Lipinski definition) is 1. The molecule has 0 aliphatic carbocycles. The Bertz CT molecular complexity index is 1620. The minimum atomic E-state index is -0.686. The minimum absolute atomic E-state index is 0.00557. The SMILES string of the molecule is COc1ccc(N(C(=O)Oc2ccnc(Nc3ccc(OCCCN4CCN(C)CC4)c(F)c3)n2)[C@@H](C)c2ccccc2)c(OC)c1. The molecule has 3 aromatic carbocycles. The summed E-state index contributed by atoms with van der Waals surface area (Å²) < 4.78 is 37.3. The Kier molecular flexibility index (Phi) is 11.4. The maximum Gasteiger partial charge on any atom is 0.421 e. The molecule has 0 saturated carbocycles. The van der Waals surface area contributed by atoms with E-state index >= 15 is 0 Å². The summed E-state index contributed by atoms with van der Waals surface area (Å²) in [6.45, 7) is 7.43. The first-order valence-corrected chi connectivity index (χ1v) is 15.6. The van der Waals surface area contributed by atoms with Gasteiger partial charge in [-0.05, 0) is 50.2 Å². The van der Waals surface area contributed by atoms with Crippen LogP contribution >= 0.6 is 0 Å². The third-order valence-electron chi connectivity index (χ3n) is 7.99. The van der Waals surface area contributed by atoms with Gasteiger partial charge >= 0.3 is 6.09 Å². The molecule has 4 aromatic rings. The van der Waals surface area contributed by atoms with Crippen LogP contribution < -0.4 is 29.2 Å². The van der Waals surface area contributed by atoms with Gasteiger partial charge in [0.05, 0.1) is 32.6 Å². The van der Waals surface area contributed by atoms with Crippen molar-refractivity contribution < 1.29 is 28.1 Å². The van der Waals surface area contributed by atoms with Crippen molar-refractivity contribution in [1.82, 2.24) is 19.8 Å². The highest BCUT2D eigenvalue weighted by Crippen LogP contribution is 2.37. The Balaban J connectivity index is 1.24. The molecule has 1 aliphatic heterocycles. The van der Waals surface area contributed by atoms with Crippen LogP contribution in [0.15, 0.2) is 79.0 Å². The number of aromatic nitrogens is 2. The van der Waals surface area contributed by atoms with Crippen molar-refractivity contribution in [2.24, 2.45) is 0 Å². The van der Waals surface area contributed by atoms with Gasteiger partial charge in [-0.25, -0.2) is 14.2 Å². The van der Waals surface area contributed by atoms with Crippen LogP contribution in [0, 0.1) is 5.82 Å². The van der Waals surface area contributed by atoms with Crippen LogP contribution in [0.3, 0.4) is 0 Å². The van der Waals surface area contributed by atoms with Gasteiger partial charge in [-0.2, -0.15) is 4.98 Å². The van der Waals surface area contributed by atoms with Gasteiger partial charge in [-0.3, -0.25) is 4.90 Å². The fraction of sp³-hybridized carbons (Fsp3) is 0.343. The fourth-order valence-electron chi connectivity index (χ4n) is 5.29. The zero-order valence-electron chi connectivity index (χ0n) is 27.2. The van der Waals surface area contributed by atoms with E-state index in [0.717, 1.165) is 44.7 Å². The van der Waals surface area contributed by atoms with Gasteiger partial charge in [0.15, 0.2) is 11.6 Å². The van der Waals surface area contributed by atoms with Crippen molar-refractivity contribution in [2.45, 2.75) is 19.4 Å². The highest BCUT2D eigenvalue weighted by atomic mass is 19.1. The molecule has 5 rings (SSSR count). The maximum atomic E-state index is 14.9. The summed E-state index contributed by atoms with van der Waals surface area (Å²) in [7, 11) is 5.21. The van der Waals surface area contributed by atoms with E-state index in [2.05, 4.69) is 32.1 Å². The summed E-state index contributed by atoms with van der Waals surface area (Å²) in [6, 6.07) is 20.4. The maximum absolute atomic E-state index is 14.9. The Morgan fingerprint density at radius 1 is 0.979 bits per heavy atom. The van der Waals surface area contributed by atoms with Gasteiger partial charge in [0.2, 0.25) is 11.8 Å². The van der Waals surface area contributed by atoms with E-state index in [9.17, 15) is 9.18 Å². The summed E-state index contributed by atoms with van der Waals surface area (Å²) in [5.74, 6) is 0.815. The number of halogens is 1. The van der Waals surface area contributed by atoms with Gasteiger partial charge in [0, 0.05) is 62.8 Å². The molecule has 248 valence electrons. The summed E-state index contributed by atoms with van der Waals surface area (Å²) in [4.78, 5) is 28.5. The Morgan fingerprint density at radius 3 is 2.49 bits per heavy atom. The molecular formula is C35H41FN6O5. The Hall–Kier alpha value is -4.94. The lowest BCUT2D eigenvalue weighted by atomic mass is 10.1. The number of amides is 1. The molecule has 0 unspecified atom stereocenters. The molecule has 1 saturated heterocycles. The molecule has 1 fully saturated rings. The number of likely N-dealkylation sites (N-methyl/N-ethyl adjacent to an activating group) is 1. The number of hydrogen-bond acceptors (Lipinski definition) is 10. The largest absolute Gasteiger partial charge is 0.497 e. The van der Waals surface area contributed by atoms with Gasteiger partial charge in [-0.1, -0.05) is 30.3 Å². The summed E-state index contributed by atoms with van der Waals surface area (Å²) in [6.07, 6.45) is 1.58. The topological polar surface area (TPSA) is 102 Å². The second-order valence-electron chi connectivity index (χ2n) is 11.2. The first-order valence-electron chi connectivity index (χ1n) is 15.6. The molecular weight excluding hydrogens is 603 g/mol. The Labute approximate surface area is 274 Å². The van der Waals surface area contributed by atoms with Gasteiger partial charge < -0.3 is 34.1 Å². The third kappa shape index (κ3) is 8.87. The Morgan fingerprint density at radius 2 is 1.77 bits per heavy atom. The lowest BCUT2D eigenvalue weighted by molar-refractivity contribution is 0.145. The second kappa shape index (κ2) is 16.1. The van der Waals surface area contributed by atoms with Gasteiger partial charge in [0.25, 0.3) is 0 Å². The predicted molar refractivity (Wildman–Crippen MR) is 179 cm³/mol. The molecule has 0 spiro atoms. The number of benzene rings is 3. The quantitative estimate of drug-likeness (QED) is 0.170. The van der Waals surface area contributed by atoms with Crippen molar-refractivity contribution >= 4 is 23.4 Å². The average molecular weight is 645 g/mol. The lowest BCUT2D eigenvalue weighted by Gasteiger charge is -2.32. The van der Waals surface area contributed by atoms with Crippen LogP contribution in [0.1, 0.15) is 24.9 Å². The number of anilines is 3. The van der Waals surface area contributed by atoms with E-state index in [1.165, 1.54) is 30.3 Å². The monoisotopic (exact) mass is 644 g/mol. The van der Waals surface area contributed by atoms with Crippen molar-refractivity contribution in [3.63, 3.8) is 0 Å². The van der Waals surface area contributed by atoms with Crippen LogP contribution in [-0.2, 0) is 0 Å². The molecule has 1 aromatic heterocycles. The van der Waals surface area contributed by atoms with Gasteiger partial charge in [-0.15, -0.1) is 0 Å². The van der Waals surface area contributed by atoms with Gasteiger partial charge in [0.1, 0.15) is 11.5 Å². The molecule has 11 nitrogen and oxygen atoms in total. The number of carbonyl (C=O) groups excluding carboxylic acids is 1. The third-order valence-corrected chi connectivity index (χ3v) is 7.99. The number of carbonyl (C=O) groups is 1. The standard InChI is InChI=1S/C35H41FN6O5/c1-25(26-9-6-5-7-10-26)42(30-13-12-28(44-3)24-32(30)45-4)35(43)47-33-15-16-37-34(39-33)38-27-11-14-31(29(36)23-27)46-22-8-17-41-20-18-40(2)19-21-41/h5-7,9-16,23-25H,8,17-22H2,1-4H3,(H,37,38,39)/t25-/m0/s1. The van der Waals surface area contributed by atoms with Crippen LogP contribution in [0.25, 0.3) is 0 Å². The molecule has 0 radical (unpaired) electrons. The molecule has 47 heavy (non-hydrogen) atoms. The number of nitrogens with one attached hydrogen (secondary N) is 1. The van der Waals surface area contributed by atoms with Crippen molar-refractivity contribution in [1.29, 1.82) is 0 Å².